The minimum absolute atomic E-state index is 0.0379. The number of benzene rings is 2. The average molecular weight is 486 g/mol. The van der Waals surface area contributed by atoms with Gasteiger partial charge in [0.1, 0.15) is 11.3 Å². The van der Waals surface area contributed by atoms with E-state index in [2.05, 4.69) is 21.0 Å². The van der Waals surface area contributed by atoms with Crippen molar-refractivity contribution >= 4 is 11.6 Å². The second-order valence-electron chi connectivity index (χ2n) is 8.84. The molecule has 0 atom stereocenters. The van der Waals surface area contributed by atoms with Crippen LogP contribution in [-0.2, 0) is 6.54 Å². The molecule has 1 fully saturated rings. The Morgan fingerprint density at radius 2 is 1.81 bits per heavy atom. The van der Waals surface area contributed by atoms with Crippen LogP contribution in [0.15, 0.2) is 60.9 Å². The van der Waals surface area contributed by atoms with Gasteiger partial charge in [0.2, 0.25) is 6.79 Å². The van der Waals surface area contributed by atoms with Crippen LogP contribution in [0.5, 0.6) is 17.2 Å². The number of ether oxygens (including phenoxy) is 3. The molecule has 6 rings (SSSR count). The van der Waals surface area contributed by atoms with Gasteiger partial charge in [0.05, 0.1) is 18.5 Å². The third kappa shape index (κ3) is 4.22. The van der Waals surface area contributed by atoms with Crippen molar-refractivity contribution in [1.82, 2.24) is 24.4 Å². The first-order chi connectivity index (χ1) is 17.7. The number of fused-ring (bicyclic) bond motifs is 2. The molecule has 4 aromatic rings. The van der Waals surface area contributed by atoms with Gasteiger partial charge in [-0.15, -0.1) is 0 Å². The van der Waals surface area contributed by atoms with Gasteiger partial charge >= 0.3 is 0 Å². The highest BCUT2D eigenvalue weighted by molar-refractivity contribution is 6.00. The van der Waals surface area contributed by atoms with Gasteiger partial charge in [0.15, 0.2) is 17.1 Å². The molecule has 0 unspecified atom stereocenters. The van der Waals surface area contributed by atoms with E-state index in [1.54, 1.807) is 16.9 Å². The summed E-state index contributed by atoms with van der Waals surface area (Å²) in [6.07, 6.45) is 3.35. The fourth-order valence-electron chi connectivity index (χ4n) is 4.73. The molecular weight excluding hydrogens is 458 g/mol. The number of piperazine rings is 1. The van der Waals surface area contributed by atoms with Crippen LogP contribution in [0.1, 0.15) is 22.8 Å². The maximum atomic E-state index is 13.4. The van der Waals surface area contributed by atoms with E-state index in [4.69, 9.17) is 14.2 Å². The molecule has 0 saturated carbocycles. The fraction of sp³-hybridized carbons (Fsp3) is 0.296. The quantitative estimate of drug-likeness (QED) is 0.414. The van der Waals surface area contributed by atoms with Crippen molar-refractivity contribution in [1.29, 1.82) is 0 Å². The molecule has 2 aromatic heterocycles. The van der Waals surface area contributed by atoms with Crippen molar-refractivity contribution in [2.75, 3.05) is 39.6 Å². The molecule has 0 N–H and O–H groups in total. The van der Waals surface area contributed by atoms with Crippen LogP contribution in [0.4, 0.5) is 0 Å². The average Bonchev–Trinajstić information content (AvgIpc) is 3.56. The molecule has 9 heteroatoms. The predicted molar refractivity (Wildman–Crippen MR) is 133 cm³/mol. The Balaban J connectivity index is 1.14. The highest BCUT2D eigenvalue weighted by atomic mass is 16.7. The second kappa shape index (κ2) is 9.50. The summed E-state index contributed by atoms with van der Waals surface area (Å²) in [5.41, 5.74) is 4.11. The zero-order valence-corrected chi connectivity index (χ0v) is 20.1. The molecule has 9 nitrogen and oxygen atoms in total. The summed E-state index contributed by atoms with van der Waals surface area (Å²) < 4.78 is 18.2. The molecule has 2 aliphatic rings. The van der Waals surface area contributed by atoms with E-state index < -0.39 is 0 Å². The molecule has 0 radical (unpaired) electrons. The normalized spacial score (nSPS) is 15.4. The lowest BCUT2D eigenvalue weighted by molar-refractivity contribution is 0.0630. The largest absolute Gasteiger partial charge is 0.494 e. The lowest BCUT2D eigenvalue weighted by atomic mass is 10.1. The van der Waals surface area contributed by atoms with Gasteiger partial charge in [-0.25, -0.2) is 9.50 Å². The second-order valence-corrected chi connectivity index (χ2v) is 8.84. The van der Waals surface area contributed by atoms with Crippen molar-refractivity contribution in [2.24, 2.45) is 0 Å². The highest BCUT2D eigenvalue weighted by Crippen LogP contribution is 2.33. The van der Waals surface area contributed by atoms with Gasteiger partial charge < -0.3 is 19.1 Å². The Morgan fingerprint density at radius 1 is 1.00 bits per heavy atom. The lowest BCUT2D eigenvalue weighted by Crippen LogP contribution is -2.48. The van der Waals surface area contributed by atoms with Crippen molar-refractivity contribution < 1.29 is 19.0 Å². The number of hydrogen-bond donors (Lipinski definition) is 0. The van der Waals surface area contributed by atoms with Crippen molar-refractivity contribution in [3.05, 3.63) is 72.1 Å². The first kappa shape index (κ1) is 22.4. The zero-order valence-electron chi connectivity index (χ0n) is 20.1. The van der Waals surface area contributed by atoms with Crippen LogP contribution in [0.2, 0.25) is 0 Å². The Bertz CT molecular complexity index is 1390. The number of carbonyl (C=O) groups is 1. The summed E-state index contributed by atoms with van der Waals surface area (Å²) in [5.74, 6) is 2.37. The monoisotopic (exact) mass is 485 g/mol. The van der Waals surface area contributed by atoms with Crippen LogP contribution in [-0.4, -0.2) is 69.9 Å². The zero-order chi connectivity index (χ0) is 24.5. The molecule has 1 amide bonds. The predicted octanol–water partition coefficient (Wildman–Crippen LogP) is 3.48. The van der Waals surface area contributed by atoms with Crippen LogP contribution >= 0.6 is 0 Å². The van der Waals surface area contributed by atoms with Crippen LogP contribution < -0.4 is 14.2 Å². The van der Waals surface area contributed by atoms with Gasteiger partial charge in [-0.3, -0.25) is 9.69 Å². The van der Waals surface area contributed by atoms with Gasteiger partial charge in [0.25, 0.3) is 5.91 Å². The number of nitrogens with zero attached hydrogens (tertiary/aromatic N) is 5. The van der Waals surface area contributed by atoms with Gasteiger partial charge in [0, 0.05) is 44.5 Å². The van der Waals surface area contributed by atoms with Crippen LogP contribution in [0.3, 0.4) is 0 Å². The maximum Gasteiger partial charge on any atom is 0.259 e. The van der Waals surface area contributed by atoms with Crippen molar-refractivity contribution in [3.63, 3.8) is 0 Å². The van der Waals surface area contributed by atoms with E-state index in [0.29, 0.717) is 30.9 Å². The van der Waals surface area contributed by atoms with Crippen molar-refractivity contribution in [3.8, 4) is 28.5 Å². The molecule has 36 heavy (non-hydrogen) atoms. The molecular formula is C27H27N5O4. The fourth-order valence-corrected chi connectivity index (χ4v) is 4.73. The van der Waals surface area contributed by atoms with E-state index in [1.807, 2.05) is 54.3 Å². The molecule has 4 heterocycles. The third-order valence-electron chi connectivity index (χ3n) is 6.60. The Morgan fingerprint density at radius 3 is 2.61 bits per heavy atom. The molecule has 2 aliphatic heterocycles. The summed E-state index contributed by atoms with van der Waals surface area (Å²) in [5, 5.41) is 4.51. The van der Waals surface area contributed by atoms with Gasteiger partial charge in [-0.2, -0.15) is 5.10 Å². The first-order valence-corrected chi connectivity index (χ1v) is 12.2. The van der Waals surface area contributed by atoms with Crippen molar-refractivity contribution in [2.45, 2.75) is 13.5 Å². The minimum atomic E-state index is -0.0379. The van der Waals surface area contributed by atoms with Crippen LogP contribution in [0, 0.1) is 0 Å². The number of hydrogen-bond acceptors (Lipinski definition) is 7. The molecule has 0 aliphatic carbocycles. The number of rotatable bonds is 6. The van der Waals surface area contributed by atoms with E-state index in [9.17, 15) is 4.79 Å². The molecule has 2 aromatic carbocycles. The van der Waals surface area contributed by atoms with E-state index in [1.165, 1.54) is 5.56 Å². The SMILES string of the molecule is CCOc1ccc(-c2ccnc3c(C(=O)N4CCN(Cc5ccc6c(c5)OCO6)CC4)cnn23)cc1. The highest BCUT2D eigenvalue weighted by Gasteiger charge is 2.26. The Kier molecular flexibility index (Phi) is 5.90. The number of carbonyl (C=O) groups excluding carboxylic acids is 1. The maximum absolute atomic E-state index is 13.4. The Labute approximate surface area is 208 Å². The van der Waals surface area contributed by atoms with E-state index >= 15 is 0 Å². The summed E-state index contributed by atoms with van der Waals surface area (Å²) in [6.45, 7) is 6.56. The summed E-state index contributed by atoms with van der Waals surface area (Å²) in [6, 6.07) is 15.8. The topological polar surface area (TPSA) is 81.4 Å². The number of amides is 1. The molecule has 0 bridgehead atoms. The van der Waals surface area contributed by atoms with E-state index in [-0.39, 0.29) is 12.7 Å². The summed E-state index contributed by atoms with van der Waals surface area (Å²) in [4.78, 5) is 22.1. The molecule has 184 valence electrons. The summed E-state index contributed by atoms with van der Waals surface area (Å²) >= 11 is 0. The van der Waals surface area contributed by atoms with Gasteiger partial charge in [-0.1, -0.05) is 6.07 Å². The smallest absolute Gasteiger partial charge is 0.259 e. The minimum Gasteiger partial charge on any atom is -0.494 e. The lowest BCUT2D eigenvalue weighted by Gasteiger charge is -2.34. The molecule has 1 saturated heterocycles. The first-order valence-electron chi connectivity index (χ1n) is 12.2. The number of aromatic nitrogens is 3. The Hall–Kier alpha value is -4.11. The summed E-state index contributed by atoms with van der Waals surface area (Å²) in [7, 11) is 0. The standard InChI is InChI=1S/C27H27N5O4/c1-2-34-21-6-4-20(5-7-21)23-9-10-28-26-22(16-29-32(23)26)27(33)31-13-11-30(12-14-31)17-19-3-8-24-25(15-19)36-18-35-24/h3-10,15-16H,2,11-14,17-18H2,1H3. The van der Waals surface area contributed by atoms with Crippen LogP contribution in [0.25, 0.3) is 16.9 Å². The third-order valence-corrected chi connectivity index (χ3v) is 6.60. The molecule has 0 spiro atoms. The van der Waals surface area contributed by atoms with E-state index in [0.717, 1.165) is 48.1 Å². The van der Waals surface area contributed by atoms with Gasteiger partial charge in [-0.05, 0) is 55.0 Å².